The monoisotopic (exact) mass is 181 g/mol. The maximum Gasteiger partial charge on any atom is 0.549 e. The van der Waals surface area contributed by atoms with E-state index in [1.165, 1.54) is 0 Å². The minimum absolute atomic E-state index is 0.216. The van der Waals surface area contributed by atoms with Gasteiger partial charge in [0.1, 0.15) is 0 Å². The van der Waals surface area contributed by atoms with Gasteiger partial charge in [-0.15, -0.1) is 0 Å². The van der Waals surface area contributed by atoms with Gasteiger partial charge in [-0.2, -0.15) is 9.90 Å². The van der Waals surface area contributed by atoms with Gasteiger partial charge >= 0.3 is 6.16 Å². The average Bonchev–Trinajstić information content (AvgIpc) is 1.66. The molecule has 0 aliphatic rings. The number of carbonyl (C=O) groups is 1. The van der Waals surface area contributed by atoms with Gasteiger partial charge in [-0.05, 0) is 6.42 Å². The Morgan fingerprint density at radius 3 is 2.62 bits per heavy atom. The lowest BCUT2D eigenvalue weighted by molar-refractivity contribution is 0.0682. The lowest BCUT2D eigenvalue weighted by Gasteiger charge is -1.92. The van der Waals surface area contributed by atoms with Gasteiger partial charge in [0.25, 0.3) is 0 Å². The number of alkyl halides is 1. The lowest BCUT2D eigenvalue weighted by Crippen LogP contribution is -1.99. The minimum Gasteiger partial charge on any atom is -0.432 e. The van der Waals surface area contributed by atoms with Crippen LogP contribution in [0.25, 0.3) is 0 Å². The summed E-state index contributed by atoms with van der Waals surface area (Å²) in [4.78, 5) is 9.53. The maximum absolute atomic E-state index is 9.53. The zero-order valence-corrected chi connectivity index (χ0v) is 5.81. The summed E-state index contributed by atoms with van der Waals surface area (Å²) in [5.41, 5.74) is 0. The molecule has 47 valence electrons. The zero-order valence-electron chi connectivity index (χ0n) is 4.22. The molecule has 0 bridgehead atoms. The van der Waals surface area contributed by atoms with E-state index < -0.39 is 6.16 Å². The van der Waals surface area contributed by atoms with Crippen LogP contribution in [0.4, 0.5) is 4.79 Å². The van der Waals surface area contributed by atoms with E-state index >= 15 is 0 Å². The third-order valence-electron chi connectivity index (χ3n) is 0.498. The quantitative estimate of drug-likeness (QED) is 0.375. The van der Waals surface area contributed by atoms with Crippen molar-refractivity contribution in [1.82, 2.24) is 0 Å². The third kappa shape index (κ3) is 5.75. The topological polar surface area (TPSA) is 46.2 Å². The molecule has 0 aliphatic carbocycles. The fourth-order valence-electron chi connectivity index (χ4n) is 0.210. The van der Waals surface area contributed by atoms with Gasteiger partial charge in [-0.1, -0.05) is 15.9 Å². The summed E-state index contributed by atoms with van der Waals surface area (Å²) in [7, 11) is 0. The predicted octanol–water partition coefficient (Wildman–Crippen LogP) is 1.34. The highest BCUT2D eigenvalue weighted by Gasteiger charge is 1.95. The van der Waals surface area contributed by atoms with Crippen LogP contribution in [0.3, 0.4) is 0 Å². The van der Waals surface area contributed by atoms with Gasteiger partial charge in [0.05, 0.1) is 6.61 Å². The maximum atomic E-state index is 9.53. The Bertz CT molecular complexity index is 73.7. The van der Waals surface area contributed by atoms with E-state index in [1.807, 2.05) is 0 Å². The van der Waals surface area contributed by atoms with Crippen LogP contribution in [-0.4, -0.2) is 18.1 Å². The van der Waals surface area contributed by atoms with E-state index in [0.29, 0.717) is 6.42 Å². The second-order valence-electron chi connectivity index (χ2n) is 1.14. The molecule has 0 atom stereocenters. The average molecular weight is 182 g/mol. The molecule has 0 heterocycles. The standard InChI is InChI=1S/C4H6BrO3/c5-2-1-3-8-4(6)7/h1-3H2. The summed E-state index contributed by atoms with van der Waals surface area (Å²) >= 11 is 3.11. The van der Waals surface area contributed by atoms with Crippen molar-refractivity contribution in [2.75, 3.05) is 11.9 Å². The van der Waals surface area contributed by atoms with Crippen molar-refractivity contribution < 1.29 is 14.6 Å². The fraction of sp³-hybridized carbons (Fsp3) is 0.750. The molecule has 0 spiro atoms. The summed E-state index contributed by atoms with van der Waals surface area (Å²) < 4.78 is 4.06. The Morgan fingerprint density at radius 2 is 2.25 bits per heavy atom. The van der Waals surface area contributed by atoms with Crippen molar-refractivity contribution in [2.24, 2.45) is 0 Å². The summed E-state index contributed by atoms with van der Waals surface area (Å²) in [6.45, 7) is 0.216. The lowest BCUT2D eigenvalue weighted by atomic mass is 10.5. The van der Waals surface area contributed by atoms with Crippen LogP contribution in [0.1, 0.15) is 6.42 Å². The summed E-state index contributed by atoms with van der Waals surface area (Å²) in [6, 6.07) is 0. The van der Waals surface area contributed by atoms with Crippen molar-refractivity contribution in [3.8, 4) is 0 Å². The molecule has 0 aliphatic heterocycles. The van der Waals surface area contributed by atoms with Crippen LogP contribution in [0, 0.1) is 0 Å². The molecule has 0 rings (SSSR count). The molecular weight excluding hydrogens is 176 g/mol. The Hall–Kier alpha value is -0.250. The second-order valence-corrected chi connectivity index (χ2v) is 1.93. The molecule has 0 N–H and O–H groups in total. The van der Waals surface area contributed by atoms with Crippen molar-refractivity contribution in [2.45, 2.75) is 6.42 Å². The number of ether oxygens (including phenoxy) is 1. The normalized spacial score (nSPS) is 8.62. The smallest absolute Gasteiger partial charge is 0.432 e. The SMILES string of the molecule is [O]C(=O)OCCCBr. The van der Waals surface area contributed by atoms with Gasteiger partial charge in [0.2, 0.25) is 0 Å². The first-order chi connectivity index (χ1) is 3.77. The molecule has 0 aromatic carbocycles. The second kappa shape index (κ2) is 4.90. The van der Waals surface area contributed by atoms with Crippen molar-refractivity contribution in [3.63, 3.8) is 0 Å². The largest absolute Gasteiger partial charge is 0.549 e. The molecule has 8 heavy (non-hydrogen) atoms. The van der Waals surface area contributed by atoms with E-state index in [9.17, 15) is 9.90 Å². The van der Waals surface area contributed by atoms with Crippen LogP contribution in [0.5, 0.6) is 0 Å². The van der Waals surface area contributed by atoms with Crippen molar-refractivity contribution in [1.29, 1.82) is 0 Å². The van der Waals surface area contributed by atoms with E-state index in [-0.39, 0.29) is 6.61 Å². The highest BCUT2D eigenvalue weighted by Crippen LogP contribution is 1.88. The molecule has 0 unspecified atom stereocenters. The van der Waals surface area contributed by atoms with Crippen LogP contribution in [0.2, 0.25) is 0 Å². The van der Waals surface area contributed by atoms with E-state index in [0.717, 1.165) is 5.33 Å². The van der Waals surface area contributed by atoms with Crippen molar-refractivity contribution in [3.05, 3.63) is 0 Å². The molecule has 0 aromatic heterocycles. The number of rotatable bonds is 3. The summed E-state index contributed by atoms with van der Waals surface area (Å²) in [6.07, 6.45) is -0.764. The molecule has 0 amide bonds. The number of hydrogen-bond donors (Lipinski definition) is 0. The van der Waals surface area contributed by atoms with Gasteiger partial charge in [0.15, 0.2) is 0 Å². The van der Waals surface area contributed by atoms with Gasteiger partial charge in [-0.3, -0.25) is 0 Å². The molecular formula is C4H6BrO3. The van der Waals surface area contributed by atoms with Crippen molar-refractivity contribution >= 4 is 22.1 Å². The summed E-state index contributed by atoms with van der Waals surface area (Å²) in [5.74, 6) is 0. The Morgan fingerprint density at radius 1 is 1.62 bits per heavy atom. The molecule has 1 radical (unpaired) electrons. The molecule has 0 fully saturated rings. The van der Waals surface area contributed by atoms with Crippen LogP contribution in [-0.2, 0) is 9.84 Å². The number of halogens is 1. The first-order valence-electron chi connectivity index (χ1n) is 2.17. The van der Waals surface area contributed by atoms with Gasteiger partial charge in [-0.25, -0.2) is 0 Å². The first kappa shape index (κ1) is 7.75. The number of hydrogen-bond acceptors (Lipinski definition) is 2. The zero-order chi connectivity index (χ0) is 6.41. The van der Waals surface area contributed by atoms with Crippen LogP contribution in [0.15, 0.2) is 0 Å². The molecule has 0 saturated heterocycles. The Balaban J connectivity index is 2.82. The van der Waals surface area contributed by atoms with Crippen LogP contribution >= 0.6 is 15.9 Å². The van der Waals surface area contributed by atoms with Gasteiger partial charge in [0, 0.05) is 5.33 Å². The summed E-state index contributed by atoms with van der Waals surface area (Å²) in [5, 5.41) is 10.3. The van der Waals surface area contributed by atoms with E-state index in [1.54, 1.807) is 0 Å². The molecule has 4 heteroatoms. The minimum atomic E-state index is -1.45. The molecule has 3 nitrogen and oxygen atoms in total. The van der Waals surface area contributed by atoms with E-state index in [2.05, 4.69) is 20.7 Å². The van der Waals surface area contributed by atoms with E-state index in [4.69, 9.17) is 0 Å². The highest BCUT2D eigenvalue weighted by molar-refractivity contribution is 9.09. The number of carbonyl (C=O) groups excluding carboxylic acids is 1. The Labute approximate surface area is 55.8 Å². The molecule has 0 saturated carbocycles. The predicted molar refractivity (Wildman–Crippen MR) is 30.4 cm³/mol. The third-order valence-corrected chi connectivity index (χ3v) is 1.06. The van der Waals surface area contributed by atoms with Crippen LogP contribution < -0.4 is 0 Å². The fourth-order valence-corrected chi connectivity index (χ4v) is 0.439. The van der Waals surface area contributed by atoms with Gasteiger partial charge < -0.3 is 4.74 Å². The Kier molecular flexibility index (Phi) is 4.75. The highest BCUT2D eigenvalue weighted by atomic mass is 79.9. The molecule has 0 aromatic rings. The first-order valence-corrected chi connectivity index (χ1v) is 3.29.